The zero-order valence-electron chi connectivity index (χ0n) is 3.96. The van der Waals surface area contributed by atoms with Gasteiger partial charge in [0.05, 0.1) is 0 Å². The second-order valence-electron chi connectivity index (χ2n) is 0.675. The Balaban J connectivity index is -0.000000125. The molecule has 0 atom stereocenters. The molecule has 0 amide bonds. The third-order valence-corrected chi connectivity index (χ3v) is 0.200. The minimum Gasteiger partial charge on any atom is -0.396 e. The number of halogens is 4. The van der Waals surface area contributed by atoms with Gasteiger partial charge < -0.3 is 6.08 Å². The van der Waals surface area contributed by atoms with Gasteiger partial charge in [0, 0.05) is 19.5 Å². The summed E-state index contributed by atoms with van der Waals surface area (Å²) in [5, 5.41) is 0. The summed E-state index contributed by atoms with van der Waals surface area (Å²) in [4.78, 5) is 0. The van der Waals surface area contributed by atoms with Gasteiger partial charge in [-0.25, -0.2) is 13.2 Å². The van der Waals surface area contributed by atoms with Crippen LogP contribution in [-0.2, 0) is 19.5 Å². The SMILES string of the molecule is C=[C-]C(F)(F)F.Cl.[Zn]. The second kappa shape index (κ2) is 5.58. The van der Waals surface area contributed by atoms with Crippen LogP contribution in [0.3, 0.4) is 0 Å². The molecule has 0 fully saturated rings. The number of hydrogen-bond acceptors (Lipinski definition) is 0. The predicted octanol–water partition coefficient (Wildman–Crippen LogP) is 1.96. The van der Waals surface area contributed by atoms with E-state index in [4.69, 9.17) is 0 Å². The minimum atomic E-state index is -4.32. The zero-order valence-corrected chi connectivity index (χ0v) is 7.74. The third-order valence-electron chi connectivity index (χ3n) is 0.200. The average molecular weight is 197 g/mol. The summed E-state index contributed by atoms with van der Waals surface area (Å²) in [6, 6.07) is 0. The van der Waals surface area contributed by atoms with Crippen molar-refractivity contribution in [3.05, 3.63) is 12.7 Å². The summed E-state index contributed by atoms with van der Waals surface area (Å²) in [6.45, 7) is 2.38. The Labute approximate surface area is 64.3 Å². The van der Waals surface area contributed by atoms with Crippen molar-refractivity contribution in [3.8, 4) is 0 Å². The quantitative estimate of drug-likeness (QED) is 0.411. The van der Waals surface area contributed by atoms with Gasteiger partial charge in [-0.1, -0.05) is 0 Å². The van der Waals surface area contributed by atoms with E-state index in [0.29, 0.717) is 0 Å². The zero-order chi connectivity index (χ0) is 5.21. The van der Waals surface area contributed by atoms with E-state index in [-0.39, 0.29) is 31.9 Å². The molecule has 0 aromatic rings. The maximum absolute atomic E-state index is 10.6. The van der Waals surface area contributed by atoms with E-state index < -0.39 is 6.18 Å². The van der Waals surface area contributed by atoms with Gasteiger partial charge in [-0.15, -0.1) is 12.4 Å². The van der Waals surface area contributed by atoms with E-state index in [2.05, 4.69) is 6.58 Å². The van der Waals surface area contributed by atoms with Crippen LogP contribution >= 0.6 is 12.4 Å². The Kier molecular flexibility index (Phi) is 11.0. The van der Waals surface area contributed by atoms with E-state index in [9.17, 15) is 13.2 Å². The molecule has 0 aliphatic carbocycles. The molecule has 0 N–H and O–H groups in total. The van der Waals surface area contributed by atoms with Gasteiger partial charge in [-0.05, 0) is 0 Å². The molecule has 0 saturated heterocycles. The summed E-state index contributed by atoms with van der Waals surface area (Å²) >= 11 is 0. The van der Waals surface area contributed by atoms with Gasteiger partial charge in [0.1, 0.15) is 0 Å². The van der Waals surface area contributed by atoms with Crippen molar-refractivity contribution in [1.82, 2.24) is 0 Å². The smallest absolute Gasteiger partial charge is 0.265 e. The normalized spacial score (nSPS) is 8.38. The molecule has 0 heterocycles. The second-order valence-corrected chi connectivity index (χ2v) is 0.675. The largest absolute Gasteiger partial charge is 0.396 e. The van der Waals surface area contributed by atoms with Gasteiger partial charge in [-0.2, -0.15) is 0 Å². The van der Waals surface area contributed by atoms with Crippen LogP contribution in [0.2, 0.25) is 0 Å². The Morgan fingerprint density at radius 1 is 1.25 bits per heavy atom. The maximum atomic E-state index is 10.6. The standard InChI is InChI=1S/C3H2F3.ClH.Zn/c1-2-3(4,5)6;;/h1H2;1H;/q-1;;. The molecule has 0 spiro atoms. The summed E-state index contributed by atoms with van der Waals surface area (Å²) in [5.41, 5.74) is 0. The third kappa shape index (κ3) is 16.1. The maximum Gasteiger partial charge on any atom is 0.265 e. The predicted molar refractivity (Wildman–Crippen MR) is 22.2 cm³/mol. The van der Waals surface area contributed by atoms with E-state index in [1.165, 1.54) is 0 Å². The molecule has 0 nitrogen and oxygen atoms in total. The van der Waals surface area contributed by atoms with Crippen LogP contribution in [0.15, 0.2) is 6.58 Å². The molecule has 5 heteroatoms. The molecule has 0 saturated carbocycles. The van der Waals surface area contributed by atoms with Gasteiger partial charge >= 0.3 is 0 Å². The molecule has 0 aromatic carbocycles. The Morgan fingerprint density at radius 3 is 1.38 bits per heavy atom. The summed E-state index contributed by atoms with van der Waals surface area (Å²) in [6.07, 6.45) is -3.47. The molecular weight excluding hydrogens is 194 g/mol. The minimum absolute atomic E-state index is 0. The Bertz CT molecular complexity index is 60.0. The first-order valence-electron chi connectivity index (χ1n) is 1.17. The van der Waals surface area contributed by atoms with E-state index in [1.807, 2.05) is 0 Å². The first kappa shape index (κ1) is 15.8. The van der Waals surface area contributed by atoms with Crippen LogP contribution in [0, 0.1) is 6.08 Å². The Morgan fingerprint density at radius 2 is 1.38 bits per heavy atom. The molecule has 46 valence electrons. The molecular formula is C3H3ClF3Zn-. The summed E-state index contributed by atoms with van der Waals surface area (Å²) in [7, 11) is 0. The van der Waals surface area contributed by atoms with Crippen molar-refractivity contribution >= 4 is 12.4 Å². The van der Waals surface area contributed by atoms with Gasteiger partial charge in [0.15, 0.2) is 0 Å². The average Bonchev–Trinajstić information content (AvgIpc) is 1.35. The van der Waals surface area contributed by atoms with Crippen molar-refractivity contribution < 1.29 is 32.6 Å². The number of alkyl halides is 3. The molecule has 8 heavy (non-hydrogen) atoms. The summed E-state index contributed by atoms with van der Waals surface area (Å²) < 4.78 is 31.8. The van der Waals surface area contributed by atoms with Crippen molar-refractivity contribution in [2.24, 2.45) is 0 Å². The van der Waals surface area contributed by atoms with Crippen molar-refractivity contribution in [3.63, 3.8) is 0 Å². The van der Waals surface area contributed by atoms with Crippen LogP contribution in [0.1, 0.15) is 0 Å². The number of hydrogen-bond donors (Lipinski definition) is 0. The van der Waals surface area contributed by atoms with Crippen molar-refractivity contribution in [2.75, 3.05) is 0 Å². The van der Waals surface area contributed by atoms with E-state index >= 15 is 0 Å². The first-order chi connectivity index (χ1) is 2.56. The first-order valence-corrected chi connectivity index (χ1v) is 1.17. The molecule has 0 bridgehead atoms. The van der Waals surface area contributed by atoms with Gasteiger partial charge in [0.2, 0.25) is 0 Å². The van der Waals surface area contributed by atoms with E-state index in [0.717, 1.165) is 6.08 Å². The van der Waals surface area contributed by atoms with Gasteiger partial charge in [-0.3, -0.25) is 6.58 Å². The van der Waals surface area contributed by atoms with Crippen molar-refractivity contribution in [2.45, 2.75) is 6.18 Å². The fraction of sp³-hybridized carbons (Fsp3) is 0.333. The number of rotatable bonds is 0. The van der Waals surface area contributed by atoms with Crippen LogP contribution in [0.4, 0.5) is 13.2 Å². The summed E-state index contributed by atoms with van der Waals surface area (Å²) in [5.74, 6) is 0. The Hall–Kier alpha value is 0.443. The molecule has 0 unspecified atom stereocenters. The van der Waals surface area contributed by atoms with Gasteiger partial charge in [0.25, 0.3) is 6.18 Å². The molecule has 0 aliphatic heterocycles. The monoisotopic (exact) mass is 195 g/mol. The van der Waals surface area contributed by atoms with Crippen LogP contribution < -0.4 is 0 Å². The molecule has 0 radical (unpaired) electrons. The molecule has 0 aromatic heterocycles. The fourth-order valence-electron chi connectivity index (χ4n) is 0. The fourth-order valence-corrected chi connectivity index (χ4v) is 0. The molecule has 0 aliphatic rings. The van der Waals surface area contributed by atoms with Crippen LogP contribution in [-0.4, -0.2) is 6.18 Å². The number of allylic oxidation sites excluding steroid dienone is 1. The van der Waals surface area contributed by atoms with E-state index in [1.54, 1.807) is 0 Å². The topological polar surface area (TPSA) is 0 Å². The van der Waals surface area contributed by atoms with Crippen LogP contribution in [0.5, 0.6) is 0 Å². The van der Waals surface area contributed by atoms with Crippen molar-refractivity contribution in [1.29, 1.82) is 0 Å². The van der Waals surface area contributed by atoms with Crippen LogP contribution in [0.25, 0.3) is 0 Å². The molecule has 0 rings (SSSR count).